The molecule has 1 saturated heterocycles. The molecule has 6 nitrogen and oxygen atoms in total. The second-order valence-electron chi connectivity index (χ2n) is 9.23. The number of carbonyl (C=O) groups excluding carboxylic acids is 2. The second kappa shape index (κ2) is 8.35. The van der Waals surface area contributed by atoms with E-state index in [4.69, 9.17) is 16.3 Å². The van der Waals surface area contributed by atoms with Gasteiger partial charge in [-0.1, -0.05) is 18.5 Å². The van der Waals surface area contributed by atoms with Gasteiger partial charge in [-0.3, -0.25) is 9.59 Å². The molecule has 5 rings (SSSR count). The Bertz CT molecular complexity index is 814. The Morgan fingerprint density at radius 1 is 1.33 bits per heavy atom. The van der Waals surface area contributed by atoms with Crippen molar-refractivity contribution in [2.24, 2.45) is 11.3 Å². The third kappa shape index (κ3) is 4.28. The minimum atomic E-state index is -0.587. The summed E-state index contributed by atoms with van der Waals surface area (Å²) >= 11 is 5.63. The predicted molar refractivity (Wildman–Crippen MR) is 112 cm³/mol. The lowest BCUT2D eigenvalue weighted by Gasteiger charge is -2.69. The molecule has 1 aromatic rings. The second-order valence-corrected chi connectivity index (χ2v) is 9.64. The molecule has 3 saturated carbocycles. The lowest BCUT2D eigenvalue weighted by molar-refractivity contribution is -0.183. The Morgan fingerprint density at radius 2 is 2.10 bits per heavy atom. The van der Waals surface area contributed by atoms with E-state index < -0.39 is 5.82 Å². The summed E-state index contributed by atoms with van der Waals surface area (Å²) in [7, 11) is 0. The molecule has 4 fully saturated rings. The fraction of sp³-hybridized carbons (Fsp3) is 0.636. The molecule has 2 unspecified atom stereocenters. The lowest BCUT2D eigenvalue weighted by atomic mass is 9.39. The molecule has 1 aliphatic heterocycles. The van der Waals surface area contributed by atoms with Gasteiger partial charge in [0.05, 0.1) is 10.4 Å². The number of rotatable bonds is 8. The van der Waals surface area contributed by atoms with Gasteiger partial charge in [-0.25, -0.2) is 4.39 Å². The van der Waals surface area contributed by atoms with Gasteiger partial charge in [0.1, 0.15) is 11.6 Å². The molecule has 30 heavy (non-hydrogen) atoms. The minimum Gasteiger partial charge on any atom is -0.484 e. The van der Waals surface area contributed by atoms with Crippen LogP contribution in [0.2, 0.25) is 5.02 Å². The number of hydrogen-bond donors (Lipinski definition) is 3. The van der Waals surface area contributed by atoms with Crippen LogP contribution in [0.3, 0.4) is 0 Å². The molecule has 0 radical (unpaired) electrons. The monoisotopic (exact) mass is 437 g/mol. The standard InChI is InChI=1S/C22H29ClFN3O3/c1-14-3-2-7-25-18(14)6-8-26-20(29)21-11-22(12-21,13-21)27-19(28)10-30-15-4-5-16(23)17(24)9-15/h4-5,9,14,18,25H,2-3,6-8,10-13H2,1H3,(H,26,29)(H,27,28). The van der Waals surface area contributed by atoms with Crippen molar-refractivity contribution in [3.8, 4) is 5.75 Å². The van der Waals surface area contributed by atoms with Gasteiger partial charge in [0.25, 0.3) is 5.91 Å². The first kappa shape index (κ1) is 21.4. The highest BCUT2D eigenvalue weighted by Crippen LogP contribution is 2.67. The van der Waals surface area contributed by atoms with E-state index >= 15 is 0 Å². The van der Waals surface area contributed by atoms with E-state index in [1.165, 1.54) is 25.0 Å². The Hall–Kier alpha value is -1.86. The summed E-state index contributed by atoms with van der Waals surface area (Å²) in [6.07, 6.45) is 5.44. The molecule has 8 heteroatoms. The van der Waals surface area contributed by atoms with Gasteiger partial charge in [0.15, 0.2) is 6.61 Å². The maximum Gasteiger partial charge on any atom is 0.258 e. The summed E-state index contributed by atoms with van der Waals surface area (Å²) in [5.74, 6) is 0.153. The number of benzene rings is 1. The topological polar surface area (TPSA) is 79.5 Å². The summed E-state index contributed by atoms with van der Waals surface area (Å²) < 4.78 is 18.8. The third-order valence-electron chi connectivity index (χ3n) is 6.85. The number of piperidine rings is 1. The van der Waals surface area contributed by atoms with Gasteiger partial charge in [0.2, 0.25) is 5.91 Å². The van der Waals surface area contributed by atoms with Crippen molar-refractivity contribution in [1.82, 2.24) is 16.0 Å². The first-order valence-electron chi connectivity index (χ1n) is 10.7. The summed E-state index contributed by atoms with van der Waals surface area (Å²) in [4.78, 5) is 24.8. The summed E-state index contributed by atoms with van der Waals surface area (Å²) in [5.41, 5.74) is -0.610. The van der Waals surface area contributed by atoms with Crippen molar-refractivity contribution in [3.05, 3.63) is 29.0 Å². The smallest absolute Gasteiger partial charge is 0.258 e. The van der Waals surface area contributed by atoms with E-state index in [0.717, 1.165) is 19.0 Å². The number of carbonyl (C=O) groups is 2. The highest BCUT2D eigenvalue weighted by atomic mass is 35.5. The van der Waals surface area contributed by atoms with Gasteiger partial charge >= 0.3 is 0 Å². The number of amides is 2. The zero-order chi connectivity index (χ0) is 21.4. The number of hydrogen-bond acceptors (Lipinski definition) is 4. The van der Waals surface area contributed by atoms with E-state index in [-0.39, 0.29) is 40.1 Å². The van der Waals surface area contributed by atoms with E-state index in [9.17, 15) is 14.0 Å². The molecule has 3 N–H and O–H groups in total. The van der Waals surface area contributed by atoms with Crippen molar-refractivity contribution in [2.45, 2.75) is 57.0 Å². The lowest BCUT2D eigenvalue weighted by Crippen LogP contribution is -2.78. The largest absolute Gasteiger partial charge is 0.484 e. The predicted octanol–water partition coefficient (Wildman–Crippen LogP) is 2.79. The van der Waals surface area contributed by atoms with Crippen LogP contribution in [0.5, 0.6) is 5.75 Å². The first-order chi connectivity index (χ1) is 14.3. The van der Waals surface area contributed by atoms with E-state index in [1.54, 1.807) is 0 Å². The molecule has 0 spiro atoms. The Balaban J connectivity index is 1.15. The van der Waals surface area contributed by atoms with E-state index in [1.807, 2.05) is 0 Å². The van der Waals surface area contributed by atoms with Gasteiger partial charge in [-0.2, -0.15) is 0 Å². The van der Waals surface area contributed by atoms with E-state index in [0.29, 0.717) is 37.8 Å². The van der Waals surface area contributed by atoms with Crippen LogP contribution in [0.15, 0.2) is 18.2 Å². The average Bonchev–Trinajstić information content (AvgIpc) is 2.66. The molecule has 1 aromatic carbocycles. The first-order valence-corrected chi connectivity index (χ1v) is 11.1. The van der Waals surface area contributed by atoms with Gasteiger partial charge in [-0.15, -0.1) is 0 Å². The zero-order valence-corrected chi connectivity index (χ0v) is 18.0. The van der Waals surface area contributed by atoms with Crippen molar-refractivity contribution < 1.29 is 18.7 Å². The molecule has 164 valence electrons. The molecule has 2 bridgehead atoms. The van der Waals surface area contributed by atoms with Crippen molar-refractivity contribution in [1.29, 1.82) is 0 Å². The minimum absolute atomic E-state index is 0.00811. The molecule has 3 aliphatic carbocycles. The molecular weight excluding hydrogens is 409 g/mol. The molecular formula is C22H29ClFN3O3. The van der Waals surface area contributed by atoms with Crippen molar-refractivity contribution in [2.75, 3.05) is 19.7 Å². The summed E-state index contributed by atoms with van der Waals surface area (Å²) in [5, 5.41) is 9.62. The summed E-state index contributed by atoms with van der Waals surface area (Å²) in [6, 6.07) is 4.53. The quantitative estimate of drug-likeness (QED) is 0.584. The fourth-order valence-corrected chi connectivity index (χ4v) is 5.36. The fourth-order valence-electron chi connectivity index (χ4n) is 5.24. The molecule has 2 atom stereocenters. The molecule has 4 aliphatic rings. The van der Waals surface area contributed by atoms with Crippen LogP contribution in [-0.4, -0.2) is 43.1 Å². The van der Waals surface area contributed by atoms with Crippen molar-refractivity contribution in [3.63, 3.8) is 0 Å². The molecule has 2 amide bonds. The van der Waals surface area contributed by atoms with Crippen LogP contribution in [0.25, 0.3) is 0 Å². The van der Waals surface area contributed by atoms with Crippen LogP contribution in [0.1, 0.15) is 45.4 Å². The summed E-state index contributed by atoms with van der Waals surface area (Å²) in [6.45, 7) is 3.81. The SMILES string of the molecule is CC1CCCNC1CCNC(=O)C12CC(NC(=O)COc3ccc(Cl)c(F)c3)(C1)C2. The normalized spacial score (nSPS) is 31.8. The van der Waals surface area contributed by atoms with Crippen LogP contribution < -0.4 is 20.7 Å². The number of halogens is 2. The molecule has 1 heterocycles. The number of nitrogens with one attached hydrogen (secondary N) is 3. The highest BCUT2D eigenvalue weighted by molar-refractivity contribution is 6.30. The van der Waals surface area contributed by atoms with Gasteiger partial charge in [-0.05, 0) is 63.1 Å². The van der Waals surface area contributed by atoms with Crippen LogP contribution in [0.4, 0.5) is 4.39 Å². The van der Waals surface area contributed by atoms with E-state index in [2.05, 4.69) is 22.9 Å². The maximum atomic E-state index is 13.4. The van der Waals surface area contributed by atoms with Crippen LogP contribution >= 0.6 is 11.6 Å². The Morgan fingerprint density at radius 3 is 2.80 bits per heavy atom. The number of ether oxygens (including phenoxy) is 1. The molecule has 0 aromatic heterocycles. The van der Waals surface area contributed by atoms with Crippen LogP contribution in [0, 0.1) is 17.2 Å². The van der Waals surface area contributed by atoms with Crippen molar-refractivity contribution >= 4 is 23.4 Å². The average molecular weight is 438 g/mol. The van der Waals surface area contributed by atoms with Gasteiger partial charge < -0.3 is 20.7 Å². The zero-order valence-electron chi connectivity index (χ0n) is 17.2. The Kier molecular flexibility index (Phi) is 5.95. The highest BCUT2D eigenvalue weighted by Gasteiger charge is 2.72. The van der Waals surface area contributed by atoms with Crippen LogP contribution in [-0.2, 0) is 9.59 Å². The maximum absolute atomic E-state index is 13.4. The Labute approximate surface area is 181 Å². The third-order valence-corrected chi connectivity index (χ3v) is 7.15. The van der Waals surface area contributed by atoms with Gasteiger partial charge in [0, 0.05) is 24.2 Å².